The van der Waals surface area contributed by atoms with Crippen LogP contribution in [0.3, 0.4) is 0 Å². The lowest BCUT2D eigenvalue weighted by atomic mass is 9.63. The van der Waals surface area contributed by atoms with Gasteiger partial charge in [0.1, 0.15) is 0 Å². The van der Waals surface area contributed by atoms with E-state index in [-0.39, 0.29) is 0 Å². The molecule has 1 heteroatoms. The monoisotopic (exact) mass is 770 g/mol. The molecule has 1 fully saturated rings. The van der Waals surface area contributed by atoms with Gasteiger partial charge in [-0.05, 0) is 205 Å². The molecule has 7 aliphatic rings. The maximum Gasteiger partial charge on any atom is 0.0394 e. The minimum Gasteiger partial charge on any atom is -0.367 e. The quantitative estimate of drug-likeness (QED) is 0.158. The van der Waals surface area contributed by atoms with Crippen LogP contribution < -0.4 is 0 Å². The SMILES string of the molecule is C/C=C(\C=C/CC)N1C/C(C2CC(C3=CC=CCC3)=CC(C3C=CCCC3)C2)=C2/CCCCC2C(C)/C(C)=C/CC(C2CCC(C(CC)CC)C3=C2CCCC3)C1. The van der Waals surface area contributed by atoms with E-state index in [1.54, 1.807) is 16.7 Å². The standard InChI is InChI=1S/C56H83N/c1-7-11-26-49(10-4)57-38-45(52-34-33-51(42(8-2)9-3)54-29-20-21-30-55(52)54)32-31-40(5)41(6)50-27-18-19-28-53(50)56(39-57)48-36-46(43-22-14-12-15-23-43)35-47(37-48)44-24-16-13-17-25-44/h10-12,14,16,22,24,26,31,35,41-42,44-45,47-48,50-52H,7-9,13,15,17-21,23,25,27-30,32-34,36-39H2,1-6H3/b26-11-,40-31+,49-10+,56-53+. The van der Waals surface area contributed by atoms with Gasteiger partial charge in [0.15, 0.2) is 0 Å². The van der Waals surface area contributed by atoms with E-state index < -0.39 is 0 Å². The molecule has 57 heavy (non-hydrogen) atoms. The molecule has 0 spiro atoms. The van der Waals surface area contributed by atoms with Crippen LogP contribution in [0.25, 0.3) is 0 Å². The molecule has 0 aromatic carbocycles. The number of fused-ring (bicyclic) bond motifs is 1. The molecule has 7 rings (SSSR count). The van der Waals surface area contributed by atoms with E-state index in [4.69, 9.17) is 0 Å². The second kappa shape index (κ2) is 20.6. The topological polar surface area (TPSA) is 3.24 Å². The molecule has 1 nitrogen and oxygen atoms in total. The Labute approximate surface area is 351 Å². The van der Waals surface area contributed by atoms with Crippen molar-refractivity contribution < 1.29 is 0 Å². The van der Waals surface area contributed by atoms with Crippen LogP contribution in [0.5, 0.6) is 0 Å². The van der Waals surface area contributed by atoms with Crippen LogP contribution in [-0.2, 0) is 0 Å². The van der Waals surface area contributed by atoms with Gasteiger partial charge in [-0.25, -0.2) is 0 Å². The first-order valence-electron chi connectivity index (χ1n) is 24.8. The Morgan fingerprint density at radius 2 is 1.60 bits per heavy atom. The molecule has 0 aromatic heterocycles. The van der Waals surface area contributed by atoms with Crippen LogP contribution in [0.4, 0.5) is 0 Å². The third-order valence-electron chi connectivity index (χ3n) is 16.8. The molecule has 6 aliphatic carbocycles. The Kier molecular flexibility index (Phi) is 15.4. The fourth-order valence-corrected chi connectivity index (χ4v) is 13.4. The van der Waals surface area contributed by atoms with E-state index in [1.165, 1.54) is 141 Å². The largest absolute Gasteiger partial charge is 0.367 e. The molecular weight excluding hydrogens is 687 g/mol. The van der Waals surface area contributed by atoms with Gasteiger partial charge < -0.3 is 4.90 Å². The molecule has 0 N–H and O–H groups in total. The van der Waals surface area contributed by atoms with Gasteiger partial charge in [0.05, 0.1) is 0 Å². The highest BCUT2D eigenvalue weighted by Gasteiger charge is 2.40. The molecule has 1 heterocycles. The van der Waals surface area contributed by atoms with Crippen molar-refractivity contribution in [2.45, 2.75) is 176 Å². The third-order valence-corrected chi connectivity index (χ3v) is 16.8. The second-order valence-corrected chi connectivity index (χ2v) is 19.8. The number of allylic oxidation sites excluding steroid dienone is 16. The predicted octanol–water partition coefficient (Wildman–Crippen LogP) is 16.2. The minimum atomic E-state index is 0.626. The molecule has 0 radical (unpaired) electrons. The summed E-state index contributed by atoms with van der Waals surface area (Å²) >= 11 is 0. The molecule has 1 saturated carbocycles. The summed E-state index contributed by atoms with van der Waals surface area (Å²) in [6.45, 7) is 17.1. The minimum absolute atomic E-state index is 0.626. The van der Waals surface area contributed by atoms with Crippen LogP contribution >= 0.6 is 0 Å². The Morgan fingerprint density at radius 1 is 0.807 bits per heavy atom. The summed E-state index contributed by atoms with van der Waals surface area (Å²) < 4.78 is 0. The lowest BCUT2D eigenvalue weighted by molar-refractivity contribution is 0.200. The molecule has 0 bridgehead atoms. The van der Waals surface area contributed by atoms with Gasteiger partial charge in [0.25, 0.3) is 0 Å². The number of hydrogen-bond acceptors (Lipinski definition) is 1. The highest BCUT2D eigenvalue weighted by molar-refractivity contribution is 5.41. The number of nitrogens with zero attached hydrogens (tertiary/aromatic N) is 1. The van der Waals surface area contributed by atoms with Gasteiger partial charge in [-0.1, -0.05) is 124 Å². The van der Waals surface area contributed by atoms with E-state index in [9.17, 15) is 0 Å². The van der Waals surface area contributed by atoms with Gasteiger partial charge in [0, 0.05) is 18.8 Å². The predicted molar refractivity (Wildman–Crippen MR) is 248 cm³/mol. The maximum absolute atomic E-state index is 2.97. The summed E-state index contributed by atoms with van der Waals surface area (Å²) in [5.74, 6) is 6.40. The Hall–Kier alpha value is -2.54. The molecule has 8 unspecified atom stereocenters. The van der Waals surface area contributed by atoms with Crippen LogP contribution in [0.1, 0.15) is 176 Å². The van der Waals surface area contributed by atoms with Crippen molar-refractivity contribution in [2.75, 3.05) is 13.1 Å². The third kappa shape index (κ3) is 9.92. The Bertz CT molecular complexity index is 1640. The number of hydrogen-bond donors (Lipinski definition) is 0. The van der Waals surface area contributed by atoms with Crippen molar-refractivity contribution in [3.8, 4) is 0 Å². The summed E-state index contributed by atoms with van der Waals surface area (Å²) in [5.41, 5.74) is 14.2. The van der Waals surface area contributed by atoms with Crippen molar-refractivity contribution in [1.29, 1.82) is 0 Å². The van der Waals surface area contributed by atoms with Crippen molar-refractivity contribution in [3.05, 3.63) is 105 Å². The number of rotatable bonds is 10. The van der Waals surface area contributed by atoms with Crippen molar-refractivity contribution >= 4 is 0 Å². The van der Waals surface area contributed by atoms with E-state index in [2.05, 4.69) is 107 Å². The summed E-state index contributed by atoms with van der Waals surface area (Å²) in [5, 5.41) is 0. The molecule has 1 aliphatic heterocycles. The lowest BCUT2D eigenvalue weighted by Gasteiger charge is -2.45. The van der Waals surface area contributed by atoms with E-state index in [0.717, 1.165) is 30.7 Å². The Morgan fingerprint density at radius 3 is 2.32 bits per heavy atom. The van der Waals surface area contributed by atoms with Gasteiger partial charge in [0.2, 0.25) is 0 Å². The van der Waals surface area contributed by atoms with Gasteiger partial charge in [-0.3, -0.25) is 0 Å². The molecule has 8 atom stereocenters. The smallest absolute Gasteiger partial charge is 0.0394 e. The van der Waals surface area contributed by atoms with E-state index in [1.807, 2.05) is 22.3 Å². The van der Waals surface area contributed by atoms with Crippen molar-refractivity contribution in [2.24, 2.45) is 53.3 Å². The van der Waals surface area contributed by atoms with Crippen molar-refractivity contribution in [1.82, 2.24) is 4.90 Å². The average molecular weight is 770 g/mol. The molecule has 312 valence electrons. The summed E-state index contributed by atoms with van der Waals surface area (Å²) in [7, 11) is 0. The molecular formula is C56H83N. The zero-order valence-corrected chi connectivity index (χ0v) is 37.7. The summed E-state index contributed by atoms with van der Waals surface area (Å²) in [6.07, 6.45) is 53.2. The highest BCUT2D eigenvalue weighted by atomic mass is 15.1. The van der Waals surface area contributed by atoms with Gasteiger partial charge in [-0.2, -0.15) is 0 Å². The van der Waals surface area contributed by atoms with Gasteiger partial charge >= 0.3 is 0 Å². The fourth-order valence-electron chi connectivity index (χ4n) is 13.4. The first kappa shape index (κ1) is 42.6. The van der Waals surface area contributed by atoms with E-state index in [0.29, 0.717) is 35.5 Å². The zero-order valence-electron chi connectivity index (χ0n) is 37.7. The highest BCUT2D eigenvalue weighted by Crippen LogP contribution is 2.51. The summed E-state index contributed by atoms with van der Waals surface area (Å²) in [4.78, 5) is 2.97. The van der Waals surface area contributed by atoms with E-state index >= 15 is 0 Å². The normalized spacial score (nSPS) is 35.7. The second-order valence-electron chi connectivity index (χ2n) is 19.8. The van der Waals surface area contributed by atoms with Crippen LogP contribution in [0.2, 0.25) is 0 Å². The maximum atomic E-state index is 2.97. The first-order valence-corrected chi connectivity index (χ1v) is 24.8. The summed E-state index contributed by atoms with van der Waals surface area (Å²) in [6, 6.07) is 0. The molecule has 0 aromatic rings. The average Bonchev–Trinajstić information content (AvgIpc) is 3.29. The van der Waals surface area contributed by atoms with Crippen LogP contribution in [0.15, 0.2) is 105 Å². The zero-order chi connectivity index (χ0) is 39.7. The van der Waals surface area contributed by atoms with Crippen molar-refractivity contribution in [3.63, 3.8) is 0 Å². The first-order chi connectivity index (χ1) is 27.9. The fraction of sp³-hybridized carbons (Fsp3) is 0.679. The molecule has 0 amide bonds. The Balaban J connectivity index is 1.33. The lowest BCUT2D eigenvalue weighted by Crippen LogP contribution is -2.38. The van der Waals surface area contributed by atoms with Gasteiger partial charge in [-0.15, -0.1) is 0 Å². The van der Waals surface area contributed by atoms with Crippen LogP contribution in [-0.4, -0.2) is 18.0 Å². The van der Waals surface area contributed by atoms with Crippen LogP contribution in [0, 0.1) is 53.3 Å². The molecule has 0 saturated heterocycles.